The van der Waals surface area contributed by atoms with Gasteiger partial charge in [-0.3, -0.25) is 28.8 Å². The Bertz CT molecular complexity index is 1440. The molecule has 4 amide bonds. The topological polar surface area (TPSA) is 200 Å². The number of ether oxygens (including phenoxy) is 1. The molecule has 13 heteroatoms. The van der Waals surface area contributed by atoms with Gasteiger partial charge in [0.2, 0.25) is 23.6 Å². The third-order valence-electron chi connectivity index (χ3n) is 7.40. The second-order valence-corrected chi connectivity index (χ2v) is 13.4. The smallest absolute Gasteiger partial charge is 0.308 e. The van der Waals surface area contributed by atoms with Crippen molar-refractivity contribution in [3.05, 3.63) is 65.7 Å². The Morgan fingerprint density at radius 1 is 0.755 bits per heavy atom. The number of phenols is 1. The fraction of sp³-hybridized carbons (Fsp3) is 0.500. The molecule has 0 saturated carbocycles. The lowest BCUT2D eigenvalue weighted by Crippen LogP contribution is -2.59. The maximum Gasteiger partial charge on any atom is 0.308 e. The molecule has 2 rings (SSSR count). The molecule has 5 atom stereocenters. The molecule has 0 aliphatic heterocycles. The van der Waals surface area contributed by atoms with Crippen LogP contribution < -0.4 is 21.3 Å². The Hall–Kier alpha value is -4.78. The number of aliphatic hydroxyl groups is 1. The van der Waals surface area contributed by atoms with E-state index in [0.29, 0.717) is 12.0 Å². The summed E-state index contributed by atoms with van der Waals surface area (Å²) in [6.45, 7) is 11.0. The first kappa shape index (κ1) is 40.4. The van der Waals surface area contributed by atoms with E-state index in [4.69, 9.17) is 4.74 Å². The summed E-state index contributed by atoms with van der Waals surface area (Å²) in [5.74, 6) is -4.54. The zero-order valence-electron chi connectivity index (χ0n) is 29.2. The van der Waals surface area contributed by atoms with Crippen LogP contribution in [0.3, 0.4) is 0 Å². The Balaban J connectivity index is 2.14. The maximum absolute atomic E-state index is 13.4. The van der Waals surface area contributed by atoms with Gasteiger partial charge >= 0.3 is 5.97 Å². The highest BCUT2D eigenvalue weighted by molar-refractivity contribution is 5.97. The van der Waals surface area contributed by atoms with E-state index in [0.717, 1.165) is 5.56 Å². The van der Waals surface area contributed by atoms with E-state index in [1.807, 2.05) is 30.3 Å². The number of carbonyl (C=O) groups is 6. The van der Waals surface area contributed by atoms with Crippen molar-refractivity contribution in [3.63, 3.8) is 0 Å². The largest absolute Gasteiger partial charge is 0.508 e. The monoisotopic (exact) mass is 682 g/mol. The third-order valence-corrected chi connectivity index (χ3v) is 7.40. The number of aromatic hydroxyl groups is 1. The molecule has 2 aromatic rings. The number of esters is 1. The molecule has 0 spiro atoms. The predicted molar refractivity (Wildman–Crippen MR) is 182 cm³/mol. The summed E-state index contributed by atoms with van der Waals surface area (Å²) < 4.78 is 5.34. The standard InChI is InChI=1S/C36H50N4O9/c1-21(2)31(40-34(47)28(38-23(4)41)19-25-13-16-26(42)17-14-25)35(48)37-22(3)33(46)39-27(20-30(44)49-36(5,6)7)32(45)29(43)18-15-24-11-9-8-10-12-24/h8-14,16-17,21-22,27-29,31,42-43H,15,18-20H2,1-7H3,(H,37,48)(H,38,41)(H,39,46)(H,40,47)/t22-,27?,28-,29?,31-/m0/s1. The quantitative estimate of drug-likeness (QED) is 0.135. The van der Waals surface area contributed by atoms with Crippen LogP contribution in [0.1, 0.15) is 72.4 Å². The average Bonchev–Trinajstić information content (AvgIpc) is 3.01. The molecule has 0 fully saturated rings. The number of amides is 4. The lowest BCUT2D eigenvalue weighted by Gasteiger charge is -2.27. The van der Waals surface area contributed by atoms with Gasteiger partial charge in [-0.25, -0.2) is 0 Å². The van der Waals surface area contributed by atoms with Crippen LogP contribution >= 0.6 is 0 Å². The Morgan fingerprint density at radius 2 is 1.37 bits per heavy atom. The summed E-state index contributed by atoms with van der Waals surface area (Å²) in [5.41, 5.74) is 0.693. The van der Waals surface area contributed by atoms with Gasteiger partial charge in [-0.15, -0.1) is 0 Å². The van der Waals surface area contributed by atoms with Crippen molar-refractivity contribution in [2.75, 3.05) is 0 Å². The van der Waals surface area contributed by atoms with Crippen LogP contribution in [0.2, 0.25) is 0 Å². The molecule has 0 bridgehead atoms. The summed E-state index contributed by atoms with van der Waals surface area (Å²) in [7, 11) is 0. The minimum atomic E-state index is -1.49. The van der Waals surface area contributed by atoms with E-state index in [-0.39, 0.29) is 18.6 Å². The molecule has 0 heterocycles. The van der Waals surface area contributed by atoms with Crippen LogP contribution in [0.25, 0.3) is 0 Å². The number of aryl methyl sites for hydroxylation is 1. The lowest BCUT2D eigenvalue weighted by atomic mass is 9.98. The Labute approximate surface area is 287 Å². The van der Waals surface area contributed by atoms with Crippen molar-refractivity contribution in [1.29, 1.82) is 0 Å². The van der Waals surface area contributed by atoms with Crippen LogP contribution in [0.15, 0.2) is 54.6 Å². The van der Waals surface area contributed by atoms with Gasteiger partial charge in [0.05, 0.1) is 6.42 Å². The molecular formula is C36H50N4O9. The SMILES string of the molecule is CC(=O)N[C@@H](Cc1ccc(O)cc1)C(=O)N[C@H](C(=O)N[C@@H](C)C(=O)NC(CC(=O)OC(C)(C)C)C(=O)C(O)CCc1ccccc1)C(C)C. The third kappa shape index (κ3) is 14.5. The van der Waals surface area contributed by atoms with Crippen molar-refractivity contribution < 1.29 is 43.7 Å². The van der Waals surface area contributed by atoms with E-state index < -0.39 is 83.6 Å². The number of Topliss-reactive ketones (excluding diaryl/α,β-unsaturated/α-hetero) is 1. The van der Waals surface area contributed by atoms with Gasteiger partial charge < -0.3 is 36.2 Å². The number of phenolic OH excluding ortho intramolecular Hbond substituents is 1. The normalized spacial score (nSPS) is 14.4. The zero-order chi connectivity index (χ0) is 36.9. The molecule has 0 aliphatic carbocycles. The number of nitrogens with one attached hydrogen (secondary N) is 4. The van der Waals surface area contributed by atoms with Crippen molar-refractivity contribution >= 4 is 35.4 Å². The van der Waals surface area contributed by atoms with E-state index in [1.54, 1.807) is 46.8 Å². The van der Waals surface area contributed by atoms with Gasteiger partial charge in [0.15, 0.2) is 5.78 Å². The highest BCUT2D eigenvalue weighted by atomic mass is 16.6. The molecule has 0 saturated heterocycles. The molecule has 13 nitrogen and oxygen atoms in total. The zero-order valence-corrected chi connectivity index (χ0v) is 29.2. The van der Waals surface area contributed by atoms with E-state index in [9.17, 15) is 39.0 Å². The highest BCUT2D eigenvalue weighted by Gasteiger charge is 2.34. The second kappa shape index (κ2) is 18.7. The van der Waals surface area contributed by atoms with Crippen LogP contribution in [0.5, 0.6) is 5.75 Å². The van der Waals surface area contributed by atoms with E-state index in [1.165, 1.54) is 26.0 Å². The number of hydrogen-bond donors (Lipinski definition) is 6. The summed E-state index contributed by atoms with van der Waals surface area (Å²) >= 11 is 0. The Morgan fingerprint density at radius 3 is 1.92 bits per heavy atom. The first-order valence-corrected chi connectivity index (χ1v) is 16.3. The fourth-order valence-electron chi connectivity index (χ4n) is 4.87. The van der Waals surface area contributed by atoms with Crippen molar-refractivity contribution in [2.45, 2.75) is 110 Å². The van der Waals surface area contributed by atoms with E-state index in [2.05, 4.69) is 21.3 Å². The molecule has 268 valence electrons. The van der Waals surface area contributed by atoms with Crippen molar-refractivity contribution in [1.82, 2.24) is 21.3 Å². The number of ketones is 1. The first-order valence-electron chi connectivity index (χ1n) is 16.3. The van der Waals surface area contributed by atoms with Crippen molar-refractivity contribution in [2.24, 2.45) is 5.92 Å². The Kier molecular flexibility index (Phi) is 15.4. The molecule has 0 aromatic heterocycles. The summed E-state index contributed by atoms with van der Waals surface area (Å²) in [6.07, 6.45) is -1.51. The van der Waals surface area contributed by atoms with Gasteiger partial charge in [0.1, 0.15) is 41.6 Å². The highest BCUT2D eigenvalue weighted by Crippen LogP contribution is 2.14. The van der Waals surface area contributed by atoms with Gasteiger partial charge in [0.25, 0.3) is 0 Å². The predicted octanol–water partition coefficient (Wildman–Crippen LogP) is 1.86. The fourth-order valence-corrected chi connectivity index (χ4v) is 4.87. The van der Waals surface area contributed by atoms with Gasteiger partial charge in [0, 0.05) is 13.3 Å². The van der Waals surface area contributed by atoms with Crippen molar-refractivity contribution in [3.8, 4) is 5.75 Å². The van der Waals surface area contributed by atoms with Gasteiger partial charge in [-0.2, -0.15) is 0 Å². The molecule has 2 unspecified atom stereocenters. The second-order valence-electron chi connectivity index (χ2n) is 13.4. The minimum absolute atomic E-state index is 0.0405. The summed E-state index contributed by atoms with van der Waals surface area (Å²) in [4.78, 5) is 77.7. The summed E-state index contributed by atoms with van der Waals surface area (Å²) in [6, 6.07) is 10.5. The number of hydrogen-bond acceptors (Lipinski definition) is 9. The lowest BCUT2D eigenvalue weighted by molar-refractivity contribution is -0.157. The molecule has 0 aliphatic rings. The number of aliphatic hydroxyl groups excluding tert-OH is 1. The molecular weight excluding hydrogens is 632 g/mol. The van der Waals surface area contributed by atoms with Crippen LogP contribution in [-0.2, 0) is 46.3 Å². The maximum atomic E-state index is 13.4. The number of carbonyl (C=O) groups excluding carboxylic acids is 6. The molecule has 2 aromatic carbocycles. The van der Waals surface area contributed by atoms with Gasteiger partial charge in [-0.05, 0) is 69.7 Å². The number of rotatable bonds is 17. The first-order chi connectivity index (χ1) is 22.9. The molecule has 49 heavy (non-hydrogen) atoms. The average molecular weight is 683 g/mol. The summed E-state index contributed by atoms with van der Waals surface area (Å²) in [5, 5.41) is 30.5. The van der Waals surface area contributed by atoms with Gasteiger partial charge in [-0.1, -0.05) is 56.3 Å². The van der Waals surface area contributed by atoms with Crippen LogP contribution in [0, 0.1) is 5.92 Å². The minimum Gasteiger partial charge on any atom is -0.508 e. The van der Waals surface area contributed by atoms with Crippen LogP contribution in [0.4, 0.5) is 0 Å². The molecule has 6 N–H and O–H groups in total. The molecule has 0 radical (unpaired) electrons. The number of benzene rings is 2. The van der Waals surface area contributed by atoms with Crippen LogP contribution in [-0.4, -0.2) is 81.5 Å². The van der Waals surface area contributed by atoms with E-state index >= 15 is 0 Å².